The molecule has 2 rings (SSSR count). The van der Waals surface area contributed by atoms with E-state index >= 15 is 0 Å². The molecule has 4 heteroatoms. The number of hydrogen-bond donors (Lipinski definition) is 1. The molecule has 0 fully saturated rings. The average Bonchev–Trinajstić information content (AvgIpc) is 2.37. The van der Waals surface area contributed by atoms with Crippen LogP contribution in [0, 0.1) is 0 Å². The zero-order valence-corrected chi connectivity index (χ0v) is 10.9. The summed E-state index contributed by atoms with van der Waals surface area (Å²) in [5.74, 6) is -0.287. The summed E-state index contributed by atoms with van der Waals surface area (Å²) >= 11 is 0. The van der Waals surface area contributed by atoms with Gasteiger partial charge in [0.15, 0.2) is 0 Å². The van der Waals surface area contributed by atoms with Crippen molar-refractivity contribution in [1.29, 1.82) is 0 Å². The van der Waals surface area contributed by atoms with Gasteiger partial charge in [0, 0.05) is 6.04 Å². The van der Waals surface area contributed by atoms with Gasteiger partial charge in [-0.05, 0) is 16.3 Å². The third kappa shape index (κ3) is 3.00. The number of halogens is 1. The van der Waals surface area contributed by atoms with Gasteiger partial charge in [-0.15, -0.1) is 12.4 Å². The van der Waals surface area contributed by atoms with Crippen LogP contribution in [0.2, 0.25) is 0 Å². The number of esters is 1. The van der Waals surface area contributed by atoms with Gasteiger partial charge in [-0.25, -0.2) is 0 Å². The molecule has 96 valence electrons. The molecule has 1 unspecified atom stereocenters. The maximum absolute atomic E-state index is 11.2. The summed E-state index contributed by atoms with van der Waals surface area (Å²) < 4.78 is 4.64. The lowest BCUT2D eigenvalue weighted by Gasteiger charge is -2.13. The van der Waals surface area contributed by atoms with Crippen molar-refractivity contribution in [2.45, 2.75) is 12.5 Å². The Hall–Kier alpha value is -1.58. The first-order valence-corrected chi connectivity index (χ1v) is 5.52. The molecule has 0 saturated carbocycles. The smallest absolute Gasteiger partial charge is 0.307 e. The minimum Gasteiger partial charge on any atom is -0.469 e. The summed E-state index contributed by atoms with van der Waals surface area (Å²) in [6.45, 7) is 0. The Morgan fingerprint density at radius 2 is 1.89 bits per heavy atom. The molecule has 0 radical (unpaired) electrons. The van der Waals surface area contributed by atoms with Crippen molar-refractivity contribution >= 4 is 29.1 Å². The Kier molecular flexibility index (Phi) is 5.13. The van der Waals surface area contributed by atoms with E-state index in [0.29, 0.717) is 0 Å². The first-order chi connectivity index (χ1) is 8.22. The number of rotatable bonds is 3. The number of methoxy groups -OCH3 is 1. The Morgan fingerprint density at radius 1 is 1.22 bits per heavy atom. The van der Waals surface area contributed by atoms with E-state index in [-0.39, 0.29) is 30.8 Å². The monoisotopic (exact) mass is 265 g/mol. The van der Waals surface area contributed by atoms with Gasteiger partial charge in [-0.3, -0.25) is 4.79 Å². The summed E-state index contributed by atoms with van der Waals surface area (Å²) in [5.41, 5.74) is 7.02. The highest BCUT2D eigenvalue weighted by Crippen LogP contribution is 2.24. The Labute approximate surface area is 112 Å². The highest BCUT2D eigenvalue weighted by Gasteiger charge is 2.13. The van der Waals surface area contributed by atoms with E-state index in [2.05, 4.69) is 4.74 Å². The lowest BCUT2D eigenvalue weighted by Crippen LogP contribution is -2.16. The number of benzene rings is 2. The second kappa shape index (κ2) is 6.38. The quantitative estimate of drug-likeness (QED) is 0.869. The number of nitrogens with two attached hydrogens (primary N) is 1. The molecule has 2 aromatic rings. The summed E-state index contributed by atoms with van der Waals surface area (Å²) in [4.78, 5) is 11.2. The summed E-state index contributed by atoms with van der Waals surface area (Å²) in [5, 5.41) is 2.22. The first-order valence-electron chi connectivity index (χ1n) is 5.52. The van der Waals surface area contributed by atoms with E-state index in [4.69, 9.17) is 5.73 Å². The number of fused-ring (bicyclic) bond motifs is 1. The van der Waals surface area contributed by atoms with Crippen molar-refractivity contribution in [3.05, 3.63) is 48.0 Å². The maximum atomic E-state index is 11.2. The van der Waals surface area contributed by atoms with Gasteiger partial charge in [-0.2, -0.15) is 0 Å². The number of hydrogen-bond acceptors (Lipinski definition) is 3. The molecule has 2 N–H and O–H groups in total. The van der Waals surface area contributed by atoms with E-state index < -0.39 is 0 Å². The molecule has 0 aliphatic heterocycles. The van der Waals surface area contributed by atoms with Crippen molar-refractivity contribution in [2.24, 2.45) is 5.73 Å². The molecule has 0 aromatic heterocycles. The molecule has 0 aliphatic carbocycles. The van der Waals surface area contributed by atoms with Crippen LogP contribution < -0.4 is 5.73 Å². The van der Waals surface area contributed by atoms with E-state index in [1.54, 1.807) is 0 Å². The predicted octanol–water partition coefficient (Wildman–Crippen LogP) is 2.82. The molecule has 0 aliphatic rings. The van der Waals surface area contributed by atoms with Gasteiger partial charge >= 0.3 is 5.97 Å². The zero-order chi connectivity index (χ0) is 12.3. The first kappa shape index (κ1) is 14.5. The fourth-order valence-electron chi connectivity index (χ4n) is 1.95. The topological polar surface area (TPSA) is 52.3 Å². The van der Waals surface area contributed by atoms with Crippen LogP contribution in [0.1, 0.15) is 18.0 Å². The highest BCUT2D eigenvalue weighted by atomic mass is 35.5. The van der Waals surface area contributed by atoms with Crippen LogP contribution in [0.3, 0.4) is 0 Å². The fourth-order valence-corrected chi connectivity index (χ4v) is 1.95. The Morgan fingerprint density at radius 3 is 2.61 bits per heavy atom. The van der Waals surface area contributed by atoms with Gasteiger partial charge in [0.25, 0.3) is 0 Å². The van der Waals surface area contributed by atoms with Gasteiger partial charge in [0.2, 0.25) is 0 Å². The molecule has 0 saturated heterocycles. The molecule has 0 heterocycles. The zero-order valence-electron chi connectivity index (χ0n) is 10.1. The molecule has 0 bridgehead atoms. The van der Waals surface area contributed by atoms with Crippen LogP contribution in [-0.4, -0.2) is 13.1 Å². The minimum atomic E-state index is -0.325. The number of carbonyl (C=O) groups excluding carboxylic acids is 1. The van der Waals surface area contributed by atoms with Crippen molar-refractivity contribution < 1.29 is 9.53 Å². The largest absolute Gasteiger partial charge is 0.469 e. The fraction of sp³-hybridized carbons (Fsp3) is 0.214. The van der Waals surface area contributed by atoms with Crippen LogP contribution in [0.5, 0.6) is 0 Å². The maximum Gasteiger partial charge on any atom is 0.307 e. The molecule has 0 spiro atoms. The molecule has 3 nitrogen and oxygen atoms in total. The van der Waals surface area contributed by atoms with Gasteiger partial charge in [0.1, 0.15) is 0 Å². The summed E-state index contributed by atoms with van der Waals surface area (Å²) in [6, 6.07) is 13.6. The van der Waals surface area contributed by atoms with Crippen LogP contribution >= 0.6 is 12.4 Å². The van der Waals surface area contributed by atoms with Crippen molar-refractivity contribution in [3.63, 3.8) is 0 Å². The molecular weight excluding hydrogens is 250 g/mol. The highest BCUT2D eigenvalue weighted by molar-refractivity contribution is 5.86. The standard InChI is InChI=1S/C14H15NO2.ClH/c1-17-14(16)9-13(15)12-8-4-6-10-5-2-3-7-11(10)12;/h2-8,13H,9,15H2,1H3;1H. The van der Waals surface area contributed by atoms with E-state index in [1.807, 2.05) is 42.5 Å². The number of ether oxygens (including phenoxy) is 1. The number of carbonyl (C=O) groups is 1. The lowest BCUT2D eigenvalue weighted by molar-refractivity contribution is -0.141. The van der Waals surface area contributed by atoms with E-state index in [1.165, 1.54) is 7.11 Å². The minimum absolute atomic E-state index is 0. The molecule has 0 amide bonds. The second-order valence-corrected chi connectivity index (χ2v) is 3.96. The normalized spacial score (nSPS) is 11.7. The van der Waals surface area contributed by atoms with Gasteiger partial charge in [0.05, 0.1) is 13.5 Å². The molecule has 2 aromatic carbocycles. The van der Waals surface area contributed by atoms with Gasteiger partial charge < -0.3 is 10.5 Å². The Balaban J connectivity index is 0.00000162. The molecule has 1 atom stereocenters. The van der Waals surface area contributed by atoms with Crippen LogP contribution in [0.4, 0.5) is 0 Å². The predicted molar refractivity (Wildman–Crippen MR) is 74.8 cm³/mol. The van der Waals surface area contributed by atoms with E-state index in [9.17, 15) is 4.79 Å². The van der Waals surface area contributed by atoms with Crippen LogP contribution in [0.15, 0.2) is 42.5 Å². The molecular formula is C14H16ClNO2. The second-order valence-electron chi connectivity index (χ2n) is 3.96. The molecule has 18 heavy (non-hydrogen) atoms. The van der Waals surface area contributed by atoms with Crippen molar-refractivity contribution in [2.75, 3.05) is 7.11 Å². The van der Waals surface area contributed by atoms with Gasteiger partial charge in [-0.1, -0.05) is 42.5 Å². The van der Waals surface area contributed by atoms with E-state index in [0.717, 1.165) is 16.3 Å². The summed E-state index contributed by atoms with van der Waals surface area (Å²) in [6.07, 6.45) is 0.199. The Bertz CT molecular complexity index is 537. The third-order valence-corrected chi connectivity index (χ3v) is 2.84. The van der Waals surface area contributed by atoms with Crippen LogP contribution in [-0.2, 0) is 9.53 Å². The van der Waals surface area contributed by atoms with Crippen molar-refractivity contribution in [3.8, 4) is 0 Å². The van der Waals surface area contributed by atoms with Crippen molar-refractivity contribution in [1.82, 2.24) is 0 Å². The average molecular weight is 266 g/mol. The summed E-state index contributed by atoms with van der Waals surface area (Å²) in [7, 11) is 1.37. The third-order valence-electron chi connectivity index (χ3n) is 2.84. The van der Waals surface area contributed by atoms with Crippen LogP contribution in [0.25, 0.3) is 10.8 Å². The SMILES string of the molecule is COC(=O)CC(N)c1cccc2ccccc12.Cl. The lowest BCUT2D eigenvalue weighted by atomic mass is 9.97.